The molecule has 0 saturated carbocycles. The number of amides is 2. The Bertz CT molecular complexity index is 1680. The summed E-state index contributed by atoms with van der Waals surface area (Å²) >= 11 is 12.7. The number of carbonyl (C=O) groups is 2. The van der Waals surface area contributed by atoms with E-state index in [0.717, 1.165) is 24.1 Å². The molecule has 0 fully saturated rings. The number of aromatic amines is 1. The zero-order valence-electron chi connectivity index (χ0n) is 22.9. The molecule has 0 saturated heterocycles. The average Bonchev–Trinajstić information content (AvgIpc) is 3.67. The molecule has 43 heavy (non-hydrogen) atoms. The van der Waals surface area contributed by atoms with Gasteiger partial charge in [0.15, 0.2) is 0 Å². The number of aromatic nitrogens is 6. The number of benzene rings is 2. The molecule has 1 atom stereocenters. The number of nitrogens with one attached hydrogen (secondary N) is 3. The first-order valence-corrected chi connectivity index (χ1v) is 14.2. The largest absolute Gasteiger partial charge is 0.399 e. The lowest BCUT2D eigenvalue weighted by molar-refractivity contribution is -0.122. The van der Waals surface area contributed by atoms with Crippen molar-refractivity contribution in [2.24, 2.45) is 4.99 Å². The molecule has 0 radical (unpaired) electrons. The summed E-state index contributed by atoms with van der Waals surface area (Å²) in [6.07, 6.45) is 10.7. The second-order valence-corrected chi connectivity index (χ2v) is 10.5. The van der Waals surface area contributed by atoms with E-state index in [1.807, 2.05) is 6.21 Å². The number of anilines is 1. The van der Waals surface area contributed by atoms with Gasteiger partial charge in [0.1, 0.15) is 23.0 Å². The van der Waals surface area contributed by atoms with Crippen LogP contribution in [-0.4, -0.2) is 54.7 Å². The van der Waals surface area contributed by atoms with Gasteiger partial charge < -0.3 is 21.4 Å². The van der Waals surface area contributed by atoms with Crippen molar-refractivity contribution in [3.63, 3.8) is 0 Å². The van der Waals surface area contributed by atoms with Crippen molar-refractivity contribution < 1.29 is 9.59 Å². The second-order valence-electron chi connectivity index (χ2n) is 9.65. The Morgan fingerprint density at radius 3 is 2.72 bits per heavy atom. The summed E-state index contributed by atoms with van der Waals surface area (Å²) in [5, 5.41) is 17.7. The maximum Gasteiger partial charge on any atom is 0.244 e. The maximum atomic E-state index is 13.2. The normalized spacial score (nSPS) is 13.6. The molecule has 3 heterocycles. The van der Waals surface area contributed by atoms with E-state index in [1.54, 1.807) is 48.5 Å². The van der Waals surface area contributed by atoms with Crippen LogP contribution in [0, 0.1) is 0 Å². The van der Waals surface area contributed by atoms with E-state index in [2.05, 4.69) is 47.2 Å². The van der Waals surface area contributed by atoms with E-state index >= 15 is 0 Å². The van der Waals surface area contributed by atoms with Crippen molar-refractivity contribution in [3.8, 4) is 16.9 Å². The Balaban J connectivity index is 1.34. The molecule has 0 unspecified atom stereocenters. The molecule has 2 aromatic heterocycles. The van der Waals surface area contributed by atoms with E-state index in [4.69, 9.17) is 28.9 Å². The van der Waals surface area contributed by atoms with Crippen molar-refractivity contribution >= 4 is 53.0 Å². The predicted molar refractivity (Wildman–Crippen MR) is 166 cm³/mol. The highest BCUT2D eigenvalue weighted by Gasteiger charge is 2.23. The summed E-state index contributed by atoms with van der Waals surface area (Å²) in [5.74, 6) is -0.416. The van der Waals surface area contributed by atoms with Gasteiger partial charge >= 0.3 is 0 Å². The standard InChI is InChI=1S/C29H28Cl2N10O2/c30-20-7-10-24(41-17-35-39-40-41)19(15-20)6-11-25(42)36-23(16-26(43)34-14-12-22-3-1-2-13-33-22)29-37-27(28(31)38-29)18-4-8-21(32)9-5-18/h3-11,13,15,17,23H,1-2,12,14,16,32H2,(H,34,43)(H,36,42)(H,37,38)/b11-6+/t23-/m0/s1. The number of nitrogens with two attached hydrogens (primary N) is 1. The fourth-order valence-corrected chi connectivity index (χ4v) is 4.85. The smallest absolute Gasteiger partial charge is 0.244 e. The van der Waals surface area contributed by atoms with Crippen LogP contribution in [0.2, 0.25) is 10.2 Å². The molecule has 12 nitrogen and oxygen atoms in total. The molecule has 0 spiro atoms. The van der Waals surface area contributed by atoms with Gasteiger partial charge in [-0.3, -0.25) is 14.6 Å². The summed E-state index contributed by atoms with van der Waals surface area (Å²) in [4.78, 5) is 38.1. The Kier molecular flexibility index (Phi) is 9.59. The van der Waals surface area contributed by atoms with Crippen LogP contribution in [0.5, 0.6) is 0 Å². The highest BCUT2D eigenvalue weighted by atomic mass is 35.5. The number of halogens is 2. The maximum absolute atomic E-state index is 13.2. The van der Waals surface area contributed by atoms with Crippen LogP contribution >= 0.6 is 23.2 Å². The molecule has 4 aromatic rings. The summed E-state index contributed by atoms with van der Waals surface area (Å²) < 4.78 is 1.46. The van der Waals surface area contributed by atoms with E-state index < -0.39 is 11.9 Å². The van der Waals surface area contributed by atoms with Gasteiger partial charge in [-0.25, -0.2) is 4.98 Å². The second kappa shape index (κ2) is 13.9. The van der Waals surface area contributed by atoms with Crippen LogP contribution < -0.4 is 16.4 Å². The molecule has 0 bridgehead atoms. The van der Waals surface area contributed by atoms with Crippen LogP contribution in [0.4, 0.5) is 5.69 Å². The van der Waals surface area contributed by atoms with Crippen LogP contribution in [0.1, 0.15) is 43.1 Å². The summed E-state index contributed by atoms with van der Waals surface area (Å²) in [7, 11) is 0. The van der Waals surface area contributed by atoms with E-state index in [0.29, 0.717) is 46.4 Å². The van der Waals surface area contributed by atoms with Gasteiger partial charge in [-0.15, -0.1) is 5.10 Å². The van der Waals surface area contributed by atoms with Gasteiger partial charge in [-0.05, 0) is 59.7 Å². The van der Waals surface area contributed by atoms with Gasteiger partial charge in [0.25, 0.3) is 0 Å². The Labute approximate surface area is 257 Å². The number of hydrogen-bond donors (Lipinski definition) is 4. The number of carbonyl (C=O) groups excluding carboxylic acids is 2. The molecule has 14 heteroatoms. The van der Waals surface area contributed by atoms with Crippen molar-refractivity contribution in [3.05, 3.63) is 88.2 Å². The number of tetrazole rings is 1. The number of H-pyrrole nitrogens is 1. The topological polar surface area (TPSA) is 169 Å². The van der Waals surface area contributed by atoms with Crippen molar-refractivity contribution in [1.29, 1.82) is 0 Å². The van der Waals surface area contributed by atoms with Gasteiger partial charge in [0.2, 0.25) is 11.8 Å². The quantitative estimate of drug-likeness (QED) is 0.142. The fourth-order valence-electron chi connectivity index (χ4n) is 4.42. The monoisotopic (exact) mass is 618 g/mol. The molecule has 220 valence electrons. The van der Waals surface area contributed by atoms with Crippen molar-refractivity contribution in [2.75, 3.05) is 12.3 Å². The summed E-state index contributed by atoms with van der Waals surface area (Å²) in [6, 6.07) is 11.4. The molecule has 5 rings (SSSR count). The lowest BCUT2D eigenvalue weighted by atomic mass is 10.1. The molecular formula is C29H28Cl2N10O2. The van der Waals surface area contributed by atoms with Crippen molar-refractivity contribution in [2.45, 2.75) is 31.7 Å². The number of aliphatic imine (C=N–C) groups is 1. The van der Waals surface area contributed by atoms with Crippen LogP contribution in [0.3, 0.4) is 0 Å². The average molecular weight is 620 g/mol. The van der Waals surface area contributed by atoms with Crippen LogP contribution in [0.25, 0.3) is 23.0 Å². The Morgan fingerprint density at radius 1 is 1.14 bits per heavy atom. The molecule has 0 aliphatic carbocycles. The zero-order valence-corrected chi connectivity index (χ0v) is 24.4. The number of hydrogen-bond acceptors (Lipinski definition) is 8. The number of nitrogen functional groups attached to an aromatic ring is 1. The SMILES string of the molecule is Nc1ccc(-c2nc([C@H](CC(=O)NCCC3=CCCC=N3)NC(=O)/C=C/c3cc(Cl)ccc3-n3cnnn3)[nH]c2Cl)cc1. The third kappa shape index (κ3) is 7.93. The Hall–Kier alpha value is -4.81. The molecule has 2 aromatic carbocycles. The van der Waals surface area contributed by atoms with Crippen LogP contribution in [-0.2, 0) is 9.59 Å². The minimum atomic E-state index is -0.817. The molecule has 2 amide bonds. The molecule has 1 aliphatic heterocycles. The number of allylic oxidation sites excluding steroid dienone is 1. The third-order valence-corrected chi connectivity index (χ3v) is 7.04. The zero-order chi connectivity index (χ0) is 30.2. The number of imidazole rings is 1. The number of rotatable bonds is 11. The fraction of sp³-hybridized carbons (Fsp3) is 0.207. The third-order valence-electron chi connectivity index (χ3n) is 6.53. The van der Waals surface area contributed by atoms with Gasteiger partial charge in [-0.1, -0.05) is 41.4 Å². The molecule has 1 aliphatic rings. The summed E-state index contributed by atoms with van der Waals surface area (Å²) in [6.45, 7) is 0.410. The Morgan fingerprint density at radius 2 is 1.98 bits per heavy atom. The minimum absolute atomic E-state index is 0.0834. The number of nitrogens with zero attached hydrogens (tertiary/aromatic N) is 6. The predicted octanol–water partition coefficient (Wildman–Crippen LogP) is 4.46. The van der Waals surface area contributed by atoms with Crippen molar-refractivity contribution in [1.82, 2.24) is 40.8 Å². The lowest BCUT2D eigenvalue weighted by Gasteiger charge is -2.16. The summed E-state index contributed by atoms with van der Waals surface area (Å²) in [5.41, 5.74) is 9.79. The van der Waals surface area contributed by atoms with E-state index in [9.17, 15) is 9.59 Å². The van der Waals surface area contributed by atoms with Crippen LogP contribution in [0.15, 0.2) is 71.6 Å². The van der Waals surface area contributed by atoms with E-state index in [-0.39, 0.29) is 17.5 Å². The minimum Gasteiger partial charge on any atom is -0.399 e. The molecule has 5 N–H and O–H groups in total. The highest BCUT2D eigenvalue weighted by molar-refractivity contribution is 6.32. The first-order chi connectivity index (χ1) is 20.9. The molecular weight excluding hydrogens is 591 g/mol. The van der Waals surface area contributed by atoms with E-state index in [1.165, 1.54) is 17.1 Å². The van der Waals surface area contributed by atoms with Gasteiger partial charge in [0, 0.05) is 52.8 Å². The lowest BCUT2D eigenvalue weighted by Crippen LogP contribution is -2.34. The van der Waals surface area contributed by atoms with Gasteiger partial charge in [0.05, 0.1) is 18.2 Å². The first kappa shape index (κ1) is 29.7. The first-order valence-electron chi connectivity index (χ1n) is 13.5. The van der Waals surface area contributed by atoms with Gasteiger partial charge in [-0.2, -0.15) is 4.68 Å². The highest BCUT2D eigenvalue weighted by Crippen LogP contribution is 2.29.